The molecule has 102 valence electrons. The van der Waals surface area contributed by atoms with Crippen molar-refractivity contribution in [3.05, 3.63) is 42.1 Å². The van der Waals surface area contributed by atoms with Crippen LogP contribution in [0.15, 0.2) is 36.5 Å². The number of hydrogen-bond donors (Lipinski definition) is 2. The quantitative estimate of drug-likeness (QED) is 0.783. The predicted octanol–water partition coefficient (Wildman–Crippen LogP) is 2.83. The Morgan fingerprint density at radius 2 is 2.05 bits per heavy atom. The number of aliphatic hydroxyl groups is 1. The molecule has 2 rings (SSSR count). The van der Waals surface area contributed by atoms with E-state index in [0.29, 0.717) is 6.42 Å². The van der Waals surface area contributed by atoms with Gasteiger partial charge in [-0.15, -0.1) is 0 Å². The lowest BCUT2D eigenvalue weighted by molar-refractivity contribution is 0.0496. The fraction of sp³-hybridized carbons (Fsp3) is 0.438. The zero-order valence-corrected chi connectivity index (χ0v) is 11.7. The Hall–Kier alpha value is -1.45. The molecule has 1 atom stereocenters. The monoisotopic (exact) mass is 258 g/mol. The van der Waals surface area contributed by atoms with Crippen LogP contribution in [0.25, 0.3) is 10.9 Å². The third-order valence-corrected chi connectivity index (χ3v) is 3.44. The Bertz CT molecular complexity index is 532. The lowest BCUT2D eigenvalue weighted by atomic mass is 9.89. The van der Waals surface area contributed by atoms with Crippen LogP contribution in [-0.4, -0.2) is 23.2 Å². The van der Waals surface area contributed by atoms with Crippen molar-refractivity contribution in [1.82, 2.24) is 10.3 Å². The maximum absolute atomic E-state index is 10.7. The number of aromatic nitrogens is 1. The molecule has 0 radical (unpaired) electrons. The van der Waals surface area contributed by atoms with Gasteiger partial charge in [-0.25, -0.2) is 0 Å². The van der Waals surface area contributed by atoms with Gasteiger partial charge in [0.25, 0.3) is 0 Å². The van der Waals surface area contributed by atoms with Gasteiger partial charge < -0.3 is 10.4 Å². The van der Waals surface area contributed by atoms with E-state index < -0.39 is 5.60 Å². The van der Waals surface area contributed by atoms with Crippen LogP contribution in [0.2, 0.25) is 0 Å². The Morgan fingerprint density at radius 3 is 2.84 bits per heavy atom. The third-order valence-electron chi connectivity index (χ3n) is 3.44. The van der Waals surface area contributed by atoms with Gasteiger partial charge in [0.1, 0.15) is 0 Å². The minimum Gasteiger partial charge on any atom is -0.385 e. The molecule has 0 bridgehead atoms. The van der Waals surface area contributed by atoms with Crippen LogP contribution in [0.1, 0.15) is 32.3 Å². The van der Waals surface area contributed by atoms with Crippen LogP contribution in [0.4, 0.5) is 0 Å². The number of nitrogens with one attached hydrogen (secondary N) is 1. The van der Waals surface area contributed by atoms with Gasteiger partial charge in [0.15, 0.2) is 0 Å². The molecule has 0 fully saturated rings. The van der Waals surface area contributed by atoms with Gasteiger partial charge in [0.05, 0.1) is 11.1 Å². The van der Waals surface area contributed by atoms with E-state index in [1.807, 2.05) is 37.3 Å². The van der Waals surface area contributed by atoms with E-state index in [1.165, 1.54) is 0 Å². The molecular weight excluding hydrogens is 236 g/mol. The number of fused-ring (bicyclic) bond motifs is 1. The van der Waals surface area contributed by atoms with Crippen LogP contribution >= 0.6 is 0 Å². The summed E-state index contributed by atoms with van der Waals surface area (Å²) in [7, 11) is 0. The Kier molecular flexibility index (Phi) is 4.51. The van der Waals surface area contributed by atoms with Crippen molar-refractivity contribution in [1.29, 1.82) is 0 Å². The Balaban J connectivity index is 2.22. The van der Waals surface area contributed by atoms with Crippen LogP contribution < -0.4 is 5.32 Å². The molecule has 0 aliphatic heterocycles. The van der Waals surface area contributed by atoms with Gasteiger partial charge in [0.2, 0.25) is 0 Å². The molecule has 2 N–H and O–H groups in total. The molecule has 0 saturated carbocycles. The maximum atomic E-state index is 10.7. The number of rotatable bonds is 6. The first-order valence-electron chi connectivity index (χ1n) is 6.92. The van der Waals surface area contributed by atoms with Gasteiger partial charge in [-0.3, -0.25) is 4.98 Å². The zero-order chi connectivity index (χ0) is 13.7. The van der Waals surface area contributed by atoms with Crippen molar-refractivity contribution in [3.8, 4) is 0 Å². The van der Waals surface area contributed by atoms with Crippen molar-refractivity contribution < 1.29 is 5.11 Å². The summed E-state index contributed by atoms with van der Waals surface area (Å²) in [6.07, 6.45) is 3.59. The van der Waals surface area contributed by atoms with E-state index in [-0.39, 0.29) is 0 Å². The lowest BCUT2D eigenvalue weighted by Gasteiger charge is -2.25. The van der Waals surface area contributed by atoms with Gasteiger partial charge in [-0.2, -0.15) is 0 Å². The van der Waals surface area contributed by atoms with Crippen molar-refractivity contribution in [3.63, 3.8) is 0 Å². The molecule has 3 nitrogen and oxygen atoms in total. The SMILES string of the molecule is CCCNCCC(C)(O)c1cccc2ncccc12. The predicted molar refractivity (Wildman–Crippen MR) is 79.1 cm³/mol. The van der Waals surface area contributed by atoms with E-state index in [2.05, 4.69) is 17.2 Å². The van der Waals surface area contributed by atoms with Gasteiger partial charge in [-0.05, 0) is 50.6 Å². The van der Waals surface area contributed by atoms with Gasteiger partial charge >= 0.3 is 0 Å². The molecular formula is C16H22N2O. The maximum Gasteiger partial charge on any atom is 0.0887 e. The average Bonchev–Trinajstić information content (AvgIpc) is 2.43. The van der Waals surface area contributed by atoms with Crippen LogP contribution in [0, 0.1) is 0 Å². The molecule has 1 heterocycles. The standard InChI is InChI=1S/C16H22N2O/c1-3-10-17-12-9-16(2,19)14-7-4-8-15-13(14)6-5-11-18-15/h4-8,11,17,19H,3,9-10,12H2,1-2H3. The van der Waals surface area contributed by atoms with E-state index in [1.54, 1.807) is 6.20 Å². The van der Waals surface area contributed by atoms with E-state index >= 15 is 0 Å². The minimum absolute atomic E-state index is 0.695. The van der Waals surface area contributed by atoms with Crippen LogP contribution in [0.3, 0.4) is 0 Å². The zero-order valence-electron chi connectivity index (χ0n) is 11.7. The molecule has 2 aromatic rings. The van der Waals surface area contributed by atoms with E-state index in [0.717, 1.165) is 36.0 Å². The molecule has 0 amide bonds. The molecule has 1 aromatic heterocycles. The lowest BCUT2D eigenvalue weighted by Crippen LogP contribution is -2.28. The summed E-state index contributed by atoms with van der Waals surface area (Å²) >= 11 is 0. The summed E-state index contributed by atoms with van der Waals surface area (Å²) in [5.74, 6) is 0. The highest BCUT2D eigenvalue weighted by molar-refractivity contribution is 5.82. The van der Waals surface area contributed by atoms with Crippen molar-refractivity contribution in [2.75, 3.05) is 13.1 Å². The molecule has 1 unspecified atom stereocenters. The summed E-state index contributed by atoms with van der Waals surface area (Å²) in [6.45, 7) is 5.83. The molecule has 0 saturated heterocycles. The molecule has 0 aliphatic rings. The van der Waals surface area contributed by atoms with Crippen molar-refractivity contribution >= 4 is 10.9 Å². The number of nitrogens with zero attached hydrogens (tertiary/aromatic N) is 1. The molecule has 0 spiro atoms. The van der Waals surface area contributed by atoms with E-state index in [4.69, 9.17) is 0 Å². The molecule has 1 aromatic carbocycles. The van der Waals surface area contributed by atoms with Crippen molar-refractivity contribution in [2.45, 2.75) is 32.3 Å². The summed E-state index contributed by atoms with van der Waals surface area (Å²) in [5, 5.41) is 15.1. The second-order valence-electron chi connectivity index (χ2n) is 5.15. The van der Waals surface area contributed by atoms with Gasteiger partial charge in [0, 0.05) is 11.6 Å². The smallest absolute Gasteiger partial charge is 0.0887 e. The highest BCUT2D eigenvalue weighted by Crippen LogP contribution is 2.29. The molecule has 0 aliphatic carbocycles. The largest absolute Gasteiger partial charge is 0.385 e. The fourth-order valence-corrected chi connectivity index (χ4v) is 2.34. The first kappa shape index (κ1) is 14.0. The number of benzene rings is 1. The van der Waals surface area contributed by atoms with Crippen molar-refractivity contribution in [2.24, 2.45) is 0 Å². The number of hydrogen-bond acceptors (Lipinski definition) is 3. The second-order valence-corrected chi connectivity index (χ2v) is 5.15. The highest BCUT2D eigenvalue weighted by atomic mass is 16.3. The van der Waals surface area contributed by atoms with Crippen LogP contribution in [0.5, 0.6) is 0 Å². The normalized spacial score (nSPS) is 14.5. The first-order valence-corrected chi connectivity index (χ1v) is 6.92. The topological polar surface area (TPSA) is 45.1 Å². The van der Waals surface area contributed by atoms with Crippen LogP contribution in [-0.2, 0) is 5.60 Å². The Labute approximate surface area is 114 Å². The summed E-state index contributed by atoms with van der Waals surface area (Å²) in [6, 6.07) is 9.86. The van der Waals surface area contributed by atoms with E-state index in [9.17, 15) is 5.11 Å². The summed E-state index contributed by atoms with van der Waals surface area (Å²) < 4.78 is 0. The van der Waals surface area contributed by atoms with Gasteiger partial charge in [-0.1, -0.05) is 25.1 Å². The summed E-state index contributed by atoms with van der Waals surface area (Å²) in [4.78, 5) is 4.34. The first-order chi connectivity index (χ1) is 9.15. The fourth-order valence-electron chi connectivity index (χ4n) is 2.34. The summed E-state index contributed by atoms with van der Waals surface area (Å²) in [5.41, 5.74) is 1.06. The third kappa shape index (κ3) is 3.31. The Morgan fingerprint density at radius 1 is 1.21 bits per heavy atom. The molecule has 3 heteroatoms. The average molecular weight is 258 g/mol. The minimum atomic E-state index is -0.830. The number of pyridine rings is 1. The molecule has 19 heavy (non-hydrogen) atoms. The second kappa shape index (κ2) is 6.13. The highest BCUT2D eigenvalue weighted by Gasteiger charge is 2.24.